The molecular formula is C20H20FN5O3. The third-order valence-electron chi connectivity index (χ3n) is 4.36. The molecule has 1 aromatic carbocycles. The highest BCUT2D eigenvalue weighted by Crippen LogP contribution is 2.28. The highest BCUT2D eigenvalue weighted by atomic mass is 19.1. The fraction of sp³-hybridized carbons (Fsp3) is 0.300. The zero-order valence-electron chi connectivity index (χ0n) is 15.8. The van der Waals surface area contributed by atoms with E-state index in [0.29, 0.717) is 23.4 Å². The lowest BCUT2D eigenvalue weighted by atomic mass is 10.1. The number of nitrogens with one attached hydrogen (secondary N) is 2. The van der Waals surface area contributed by atoms with Gasteiger partial charge in [0.15, 0.2) is 0 Å². The second-order valence-corrected chi connectivity index (χ2v) is 6.52. The number of benzene rings is 1. The van der Waals surface area contributed by atoms with E-state index in [1.165, 1.54) is 17.9 Å². The average Bonchev–Trinajstić information content (AvgIpc) is 3.08. The first kappa shape index (κ1) is 20.2. The predicted octanol–water partition coefficient (Wildman–Crippen LogP) is 1.96. The standard InChI is InChI=1S/C20H20FN5O3/c1-13(27)24-11-17-12-26(20(28)29-17)16-4-5-18(19(21)8-16)14-2-3-15(25-9-14)10-23-7-6-22/h2-5,8-9,17,23H,7,10-12H2,1H3,(H,24,27). The molecule has 1 aliphatic rings. The largest absolute Gasteiger partial charge is 0.442 e. The summed E-state index contributed by atoms with van der Waals surface area (Å²) in [5, 5.41) is 14.0. The Morgan fingerprint density at radius 3 is 2.90 bits per heavy atom. The number of hydrogen-bond donors (Lipinski definition) is 2. The number of rotatable bonds is 7. The summed E-state index contributed by atoms with van der Waals surface area (Å²) in [6.45, 7) is 2.49. The number of nitriles is 1. The number of aromatic nitrogens is 1. The lowest BCUT2D eigenvalue weighted by molar-refractivity contribution is -0.119. The van der Waals surface area contributed by atoms with Crippen molar-refractivity contribution in [3.63, 3.8) is 0 Å². The van der Waals surface area contributed by atoms with Crippen molar-refractivity contribution in [3.8, 4) is 17.2 Å². The highest BCUT2D eigenvalue weighted by molar-refractivity contribution is 5.90. The van der Waals surface area contributed by atoms with Gasteiger partial charge in [-0.05, 0) is 24.3 Å². The van der Waals surface area contributed by atoms with Gasteiger partial charge >= 0.3 is 6.09 Å². The number of cyclic esters (lactones) is 1. The Labute approximate surface area is 167 Å². The summed E-state index contributed by atoms with van der Waals surface area (Å²) in [6.07, 6.45) is 0.499. The fourth-order valence-corrected chi connectivity index (χ4v) is 2.94. The summed E-state index contributed by atoms with van der Waals surface area (Å²) >= 11 is 0. The molecule has 1 saturated heterocycles. The minimum atomic E-state index is -0.580. The number of anilines is 1. The zero-order chi connectivity index (χ0) is 20.8. The summed E-state index contributed by atoms with van der Waals surface area (Å²) in [7, 11) is 0. The first-order valence-electron chi connectivity index (χ1n) is 9.03. The summed E-state index contributed by atoms with van der Waals surface area (Å²) < 4.78 is 19.9. The van der Waals surface area contributed by atoms with Crippen LogP contribution < -0.4 is 15.5 Å². The van der Waals surface area contributed by atoms with Gasteiger partial charge in [-0.1, -0.05) is 6.07 Å². The first-order valence-corrected chi connectivity index (χ1v) is 9.03. The number of halogens is 1. The molecular weight excluding hydrogens is 377 g/mol. The van der Waals surface area contributed by atoms with Crippen molar-refractivity contribution in [2.24, 2.45) is 0 Å². The Morgan fingerprint density at radius 1 is 1.41 bits per heavy atom. The summed E-state index contributed by atoms with van der Waals surface area (Å²) in [5.74, 6) is -0.701. The molecule has 0 radical (unpaired) electrons. The molecule has 3 rings (SSSR count). The van der Waals surface area contributed by atoms with Gasteiger partial charge in [0.05, 0.1) is 37.1 Å². The Morgan fingerprint density at radius 2 is 2.24 bits per heavy atom. The molecule has 0 aliphatic carbocycles. The first-order chi connectivity index (χ1) is 14.0. The van der Waals surface area contributed by atoms with Crippen LogP contribution in [-0.4, -0.2) is 42.7 Å². The molecule has 9 heteroatoms. The van der Waals surface area contributed by atoms with Gasteiger partial charge in [-0.2, -0.15) is 5.26 Å². The molecule has 150 valence electrons. The summed E-state index contributed by atoms with van der Waals surface area (Å²) in [5.41, 5.74) is 2.09. The molecule has 2 aromatic rings. The van der Waals surface area contributed by atoms with Crippen molar-refractivity contribution >= 4 is 17.7 Å². The van der Waals surface area contributed by atoms with Crippen LogP contribution in [0.25, 0.3) is 11.1 Å². The topological polar surface area (TPSA) is 107 Å². The minimum Gasteiger partial charge on any atom is -0.442 e. The number of ether oxygens (including phenoxy) is 1. The number of nitrogens with zero attached hydrogens (tertiary/aromatic N) is 3. The van der Waals surface area contributed by atoms with E-state index in [1.54, 1.807) is 30.5 Å². The van der Waals surface area contributed by atoms with Crippen molar-refractivity contribution in [2.75, 3.05) is 24.5 Å². The van der Waals surface area contributed by atoms with E-state index in [1.807, 2.05) is 6.07 Å². The molecule has 0 spiro atoms. The van der Waals surface area contributed by atoms with Crippen LogP contribution in [0.15, 0.2) is 36.5 Å². The Balaban J connectivity index is 1.69. The normalized spacial score (nSPS) is 15.7. The highest BCUT2D eigenvalue weighted by Gasteiger charge is 2.32. The molecule has 0 bridgehead atoms. The van der Waals surface area contributed by atoms with Gasteiger partial charge in [0.25, 0.3) is 0 Å². The van der Waals surface area contributed by atoms with Crippen molar-refractivity contribution in [1.29, 1.82) is 5.26 Å². The maximum absolute atomic E-state index is 14.7. The van der Waals surface area contributed by atoms with Gasteiger partial charge < -0.3 is 10.1 Å². The third kappa shape index (κ3) is 5.06. The van der Waals surface area contributed by atoms with Gasteiger partial charge in [0, 0.05) is 30.8 Å². The monoisotopic (exact) mass is 397 g/mol. The Hall–Kier alpha value is -3.51. The summed E-state index contributed by atoms with van der Waals surface area (Å²) in [4.78, 5) is 28.7. The lowest BCUT2D eigenvalue weighted by Crippen LogP contribution is -2.33. The third-order valence-corrected chi connectivity index (χ3v) is 4.36. The molecule has 0 saturated carbocycles. The van der Waals surface area contributed by atoms with Gasteiger partial charge in [-0.3, -0.25) is 20.0 Å². The van der Waals surface area contributed by atoms with Crippen molar-refractivity contribution in [1.82, 2.24) is 15.6 Å². The molecule has 1 fully saturated rings. The van der Waals surface area contributed by atoms with Crippen LogP contribution in [0.4, 0.5) is 14.9 Å². The smallest absolute Gasteiger partial charge is 0.414 e. The molecule has 1 aromatic heterocycles. The molecule has 2 N–H and O–H groups in total. The fourth-order valence-electron chi connectivity index (χ4n) is 2.94. The van der Waals surface area contributed by atoms with E-state index in [-0.39, 0.29) is 25.5 Å². The lowest BCUT2D eigenvalue weighted by Gasteiger charge is -2.14. The van der Waals surface area contributed by atoms with Crippen LogP contribution in [0.2, 0.25) is 0 Å². The van der Waals surface area contributed by atoms with E-state index in [9.17, 15) is 14.0 Å². The molecule has 29 heavy (non-hydrogen) atoms. The molecule has 8 nitrogen and oxygen atoms in total. The van der Waals surface area contributed by atoms with Crippen molar-refractivity contribution in [3.05, 3.63) is 48.0 Å². The minimum absolute atomic E-state index is 0.208. The number of amides is 2. The van der Waals surface area contributed by atoms with Gasteiger partial charge in [0.1, 0.15) is 11.9 Å². The van der Waals surface area contributed by atoms with Crippen LogP contribution >= 0.6 is 0 Å². The Bertz CT molecular complexity index is 942. The molecule has 2 amide bonds. The molecule has 1 unspecified atom stereocenters. The van der Waals surface area contributed by atoms with Crippen molar-refractivity contribution < 1.29 is 18.7 Å². The van der Waals surface area contributed by atoms with Crippen molar-refractivity contribution in [2.45, 2.75) is 19.6 Å². The molecule has 1 atom stereocenters. The maximum atomic E-state index is 14.7. The summed E-state index contributed by atoms with van der Waals surface area (Å²) in [6, 6.07) is 10.0. The van der Waals surface area contributed by atoms with Gasteiger partial charge in [-0.25, -0.2) is 9.18 Å². The molecule has 1 aliphatic heterocycles. The SMILES string of the molecule is CC(=O)NCC1CN(c2ccc(-c3ccc(CNCC#N)nc3)c(F)c2)C(=O)O1. The van der Waals surface area contributed by atoms with Crippen LogP contribution in [0, 0.1) is 17.1 Å². The van der Waals surface area contributed by atoms with Gasteiger partial charge in [0.2, 0.25) is 5.91 Å². The Kier molecular flexibility index (Phi) is 6.36. The van der Waals surface area contributed by atoms with E-state index in [4.69, 9.17) is 10.00 Å². The number of pyridine rings is 1. The van der Waals surface area contributed by atoms with Gasteiger partial charge in [-0.15, -0.1) is 0 Å². The van der Waals surface area contributed by atoms with Crippen LogP contribution in [-0.2, 0) is 16.1 Å². The quantitative estimate of drug-likeness (QED) is 0.546. The van der Waals surface area contributed by atoms with Crippen LogP contribution in [0.1, 0.15) is 12.6 Å². The zero-order valence-corrected chi connectivity index (χ0v) is 15.8. The number of hydrogen-bond acceptors (Lipinski definition) is 6. The van der Waals surface area contributed by atoms with Crippen LogP contribution in [0.3, 0.4) is 0 Å². The van der Waals surface area contributed by atoms with E-state index in [2.05, 4.69) is 15.6 Å². The average molecular weight is 397 g/mol. The number of carbonyl (C=O) groups is 2. The second-order valence-electron chi connectivity index (χ2n) is 6.52. The van der Waals surface area contributed by atoms with Crippen LogP contribution in [0.5, 0.6) is 0 Å². The maximum Gasteiger partial charge on any atom is 0.414 e. The second kappa shape index (κ2) is 9.12. The number of carbonyl (C=O) groups excluding carboxylic acids is 2. The van der Waals surface area contributed by atoms with E-state index >= 15 is 0 Å². The van der Waals surface area contributed by atoms with E-state index < -0.39 is 18.0 Å². The van der Waals surface area contributed by atoms with E-state index in [0.717, 1.165) is 5.69 Å². The molecule has 2 heterocycles. The predicted molar refractivity (Wildman–Crippen MR) is 103 cm³/mol.